The van der Waals surface area contributed by atoms with Crippen LogP contribution in [0.2, 0.25) is 0 Å². The van der Waals surface area contributed by atoms with Crippen LogP contribution in [-0.2, 0) is 26.2 Å². The van der Waals surface area contributed by atoms with Crippen LogP contribution in [0.4, 0.5) is 0 Å². The number of rotatable bonds is 5. The van der Waals surface area contributed by atoms with Crippen molar-refractivity contribution in [3.8, 4) is 0 Å². The molecule has 0 bridgehead atoms. The quantitative estimate of drug-likeness (QED) is 0.785. The van der Waals surface area contributed by atoms with E-state index in [1.807, 2.05) is 30.3 Å². The second-order valence-corrected chi connectivity index (χ2v) is 5.48. The Morgan fingerprint density at radius 3 is 2.47 bits per heavy atom. The van der Waals surface area contributed by atoms with E-state index in [0.29, 0.717) is 0 Å². The van der Waals surface area contributed by atoms with Crippen LogP contribution in [0.15, 0.2) is 30.3 Å². The van der Waals surface area contributed by atoms with Gasteiger partial charge in [0.25, 0.3) is 0 Å². The van der Waals surface area contributed by atoms with Gasteiger partial charge in [0, 0.05) is 0 Å². The highest BCUT2D eigenvalue weighted by Crippen LogP contribution is 2.06. The Hall–Kier alpha value is -1.40. The van der Waals surface area contributed by atoms with Gasteiger partial charge in [0.1, 0.15) is 6.61 Å². The molecule has 0 spiro atoms. The highest BCUT2D eigenvalue weighted by molar-refractivity contribution is 7.89. The van der Waals surface area contributed by atoms with E-state index >= 15 is 0 Å². The lowest BCUT2D eigenvalue weighted by Gasteiger charge is -2.10. The van der Waals surface area contributed by atoms with Crippen LogP contribution in [0.3, 0.4) is 0 Å². The third kappa shape index (κ3) is 5.46. The summed E-state index contributed by atoms with van der Waals surface area (Å²) in [6, 6.07) is 9.15. The summed E-state index contributed by atoms with van der Waals surface area (Å²) in [4.78, 5) is 11.5. The Bertz CT molecular complexity index is 470. The van der Waals surface area contributed by atoms with Gasteiger partial charge in [-0.2, -0.15) is 0 Å². The van der Waals surface area contributed by atoms with Crippen LogP contribution < -0.4 is 5.14 Å². The molecule has 0 fully saturated rings. The lowest BCUT2D eigenvalue weighted by Crippen LogP contribution is -2.27. The topological polar surface area (TPSA) is 86.5 Å². The predicted octanol–water partition coefficient (Wildman–Crippen LogP) is 0.654. The molecular formula is C11H15NO4S. The number of sulfonamides is 1. The Morgan fingerprint density at radius 1 is 1.35 bits per heavy atom. The zero-order valence-electron chi connectivity index (χ0n) is 9.50. The third-order valence-electron chi connectivity index (χ3n) is 2.11. The largest absolute Gasteiger partial charge is 0.461 e. The fourth-order valence-electron chi connectivity index (χ4n) is 1.29. The molecule has 6 heteroatoms. The summed E-state index contributed by atoms with van der Waals surface area (Å²) in [5.41, 5.74) is 0.851. The average Bonchev–Trinajstić information content (AvgIpc) is 2.25. The van der Waals surface area contributed by atoms with E-state index in [0.717, 1.165) is 5.56 Å². The van der Waals surface area contributed by atoms with Gasteiger partial charge in [-0.15, -0.1) is 0 Å². The van der Waals surface area contributed by atoms with Gasteiger partial charge in [0.15, 0.2) is 0 Å². The molecule has 0 saturated heterocycles. The van der Waals surface area contributed by atoms with Crippen molar-refractivity contribution in [1.29, 1.82) is 0 Å². The van der Waals surface area contributed by atoms with Crippen LogP contribution in [-0.4, -0.2) is 20.1 Å². The van der Waals surface area contributed by atoms with Crippen LogP contribution in [0.1, 0.15) is 12.5 Å². The second-order valence-electron chi connectivity index (χ2n) is 3.82. The van der Waals surface area contributed by atoms with Crippen molar-refractivity contribution in [1.82, 2.24) is 0 Å². The molecule has 2 N–H and O–H groups in total. The smallest absolute Gasteiger partial charge is 0.310 e. The van der Waals surface area contributed by atoms with Gasteiger partial charge in [-0.25, -0.2) is 13.6 Å². The van der Waals surface area contributed by atoms with Gasteiger partial charge in [-0.05, 0) is 5.56 Å². The van der Waals surface area contributed by atoms with Crippen molar-refractivity contribution >= 4 is 16.0 Å². The molecule has 0 aliphatic rings. The summed E-state index contributed by atoms with van der Waals surface area (Å²) in [7, 11) is -3.65. The van der Waals surface area contributed by atoms with Crippen molar-refractivity contribution in [2.24, 2.45) is 11.1 Å². The van der Waals surface area contributed by atoms with E-state index in [1.165, 1.54) is 6.92 Å². The number of esters is 1. The fourth-order valence-corrected chi connectivity index (χ4v) is 2.12. The molecule has 0 heterocycles. The molecule has 0 saturated carbocycles. The van der Waals surface area contributed by atoms with Crippen LogP contribution in [0, 0.1) is 5.92 Å². The number of ether oxygens (including phenoxy) is 1. The minimum atomic E-state index is -3.65. The summed E-state index contributed by atoms with van der Waals surface area (Å²) in [5.74, 6) is -1.72. The van der Waals surface area contributed by atoms with E-state index in [-0.39, 0.29) is 6.61 Å². The Kier molecular flexibility index (Phi) is 4.65. The van der Waals surface area contributed by atoms with Gasteiger partial charge < -0.3 is 4.74 Å². The monoisotopic (exact) mass is 257 g/mol. The van der Waals surface area contributed by atoms with Crippen molar-refractivity contribution in [3.63, 3.8) is 0 Å². The van der Waals surface area contributed by atoms with Crippen molar-refractivity contribution in [2.45, 2.75) is 13.5 Å². The van der Waals surface area contributed by atoms with E-state index in [2.05, 4.69) is 0 Å². The van der Waals surface area contributed by atoms with Gasteiger partial charge >= 0.3 is 5.97 Å². The predicted molar refractivity (Wildman–Crippen MR) is 63.4 cm³/mol. The van der Waals surface area contributed by atoms with Crippen LogP contribution in [0.25, 0.3) is 0 Å². The first-order chi connectivity index (χ1) is 7.88. The maximum absolute atomic E-state index is 11.5. The maximum atomic E-state index is 11.5. The molecule has 1 rings (SSSR count). The number of benzene rings is 1. The molecule has 0 amide bonds. The molecule has 0 aliphatic carbocycles. The number of hydrogen-bond donors (Lipinski definition) is 1. The van der Waals surface area contributed by atoms with Gasteiger partial charge in [0.05, 0.1) is 11.7 Å². The highest BCUT2D eigenvalue weighted by atomic mass is 32.2. The molecule has 1 atom stereocenters. The molecule has 94 valence electrons. The Labute approximate surface area is 101 Å². The van der Waals surface area contributed by atoms with Crippen molar-refractivity contribution < 1.29 is 17.9 Å². The van der Waals surface area contributed by atoms with E-state index in [4.69, 9.17) is 9.88 Å². The van der Waals surface area contributed by atoms with Crippen molar-refractivity contribution in [3.05, 3.63) is 35.9 Å². The first kappa shape index (κ1) is 13.7. The number of primary sulfonamides is 1. The lowest BCUT2D eigenvalue weighted by atomic mass is 10.2. The number of carbonyl (C=O) groups excluding carboxylic acids is 1. The third-order valence-corrected chi connectivity index (χ3v) is 3.07. The minimum absolute atomic E-state index is 0.134. The van der Waals surface area contributed by atoms with Crippen molar-refractivity contribution in [2.75, 3.05) is 5.75 Å². The summed E-state index contributed by atoms with van der Waals surface area (Å²) < 4.78 is 26.6. The number of hydrogen-bond acceptors (Lipinski definition) is 4. The molecule has 17 heavy (non-hydrogen) atoms. The SMILES string of the molecule is CC(CS(N)(=O)=O)C(=O)OCc1ccccc1. The Balaban J connectivity index is 2.45. The zero-order chi connectivity index (χ0) is 12.9. The highest BCUT2D eigenvalue weighted by Gasteiger charge is 2.19. The summed E-state index contributed by atoms with van der Waals surface area (Å²) in [5, 5.41) is 4.85. The van der Waals surface area contributed by atoms with E-state index < -0.39 is 27.7 Å². The first-order valence-electron chi connectivity index (χ1n) is 5.09. The molecule has 0 radical (unpaired) electrons. The first-order valence-corrected chi connectivity index (χ1v) is 6.81. The van der Waals surface area contributed by atoms with Gasteiger partial charge in [0.2, 0.25) is 10.0 Å². The minimum Gasteiger partial charge on any atom is -0.461 e. The fraction of sp³-hybridized carbons (Fsp3) is 0.364. The Morgan fingerprint density at radius 2 is 1.94 bits per heavy atom. The number of carbonyl (C=O) groups is 1. The molecule has 1 aromatic carbocycles. The summed E-state index contributed by atoms with van der Waals surface area (Å²) in [6.07, 6.45) is 0. The van der Waals surface area contributed by atoms with Gasteiger partial charge in [-0.1, -0.05) is 37.3 Å². The van der Waals surface area contributed by atoms with E-state index in [9.17, 15) is 13.2 Å². The van der Waals surface area contributed by atoms with Gasteiger partial charge in [-0.3, -0.25) is 4.79 Å². The van der Waals surface area contributed by atoms with Crippen LogP contribution in [0.5, 0.6) is 0 Å². The molecule has 1 aromatic rings. The average molecular weight is 257 g/mol. The summed E-state index contributed by atoms with van der Waals surface area (Å²) >= 11 is 0. The molecule has 0 aromatic heterocycles. The molecular weight excluding hydrogens is 242 g/mol. The van der Waals surface area contributed by atoms with E-state index in [1.54, 1.807) is 0 Å². The maximum Gasteiger partial charge on any atom is 0.310 e. The number of nitrogens with two attached hydrogens (primary N) is 1. The normalized spacial score (nSPS) is 13.1. The standard InChI is InChI=1S/C11H15NO4S/c1-9(8-17(12,14)15)11(13)16-7-10-5-3-2-4-6-10/h2-6,9H,7-8H2,1H3,(H2,12,14,15). The molecule has 5 nitrogen and oxygen atoms in total. The van der Waals surface area contributed by atoms with Crippen LogP contribution >= 0.6 is 0 Å². The second kappa shape index (κ2) is 5.79. The molecule has 0 aliphatic heterocycles. The lowest BCUT2D eigenvalue weighted by molar-refractivity contribution is -0.148. The molecule has 1 unspecified atom stereocenters. The zero-order valence-corrected chi connectivity index (χ0v) is 10.3. The summed E-state index contributed by atoms with van der Waals surface area (Å²) in [6.45, 7) is 1.60.